The summed E-state index contributed by atoms with van der Waals surface area (Å²) in [6, 6.07) is 19.4. The van der Waals surface area contributed by atoms with E-state index in [2.05, 4.69) is 10.3 Å². The van der Waals surface area contributed by atoms with Gasteiger partial charge in [0.15, 0.2) is 0 Å². The van der Waals surface area contributed by atoms with Gasteiger partial charge in [0.25, 0.3) is 0 Å². The van der Waals surface area contributed by atoms with Crippen molar-refractivity contribution in [2.75, 3.05) is 25.6 Å². The van der Waals surface area contributed by atoms with Crippen molar-refractivity contribution in [1.29, 1.82) is 5.26 Å². The van der Waals surface area contributed by atoms with Crippen LogP contribution in [0.3, 0.4) is 0 Å². The Labute approximate surface area is 152 Å². The SMILES string of the molecule is COCCNc1oc(-c2ccc(OCc3ccccc3)cc2)nc1C#N. The number of hydrogen-bond acceptors (Lipinski definition) is 6. The van der Waals surface area contributed by atoms with Crippen molar-refractivity contribution in [3.63, 3.8) is 0 Å². The fourth-order valence-corrected chi connectivity index (χ4v) is 2.34. The van der Waals surface area contributed by atoms with Crippen LogP contribution in [-0.4, -0.2) is 25.2 Å². The molecule has 0 aliphatic carbocycles. The first-order valence-electron chi connectivity index (χ1n) is 8.21. The van der Waals surface area contributed by atoms with Gasteiger partial charge >= 0.3 is 0 Å². The van der Waals surface area contributed by atoms with E-state index < -0.39 is 0 Å². The van der Waals surface area contributed by atoms with Gasteiger partial charge in [-0.25, -0.2) is 0 Å². The second-order valence-electron chi connectivity index (χ2n) is 5.53. The molecule has 3 aromatic rings. The summed E-state index contributed by atoms with van der Waals surface area (Å²) >= 11 is 0. The Morgan fingerprint density at radius 2 is 1.88 bits per heavy atom. The monoisotopic (exact) mass is 349 g/mol. The molecule has 132 valence electrons. The van der Waals surface area contributed by atoms with E-state index in [0.717, 1.165) is 16.9 Å². The third-order valence-electron chi connectivity index (χ3n) is 3.67. The summed E-state index contributed by atoms with van der Waals surface area (Å²) in [7, 11) is 1.61. The van der Waals surface area contributed by atoms with Crippen LogP contribution in [0.15, 0.2) is 59.0 Å². The molecule has 26 heavy (non-hydrogen) atoms. The van der Waals surface area contributed by atoms with Crippen LogP contribution in [0.2, 0.25) is 0 Å². The number of rotatable bonds is 8. The summed E-state index contributed by atoms with van der Waals surface area (Å²) in [5.74, 6) is 1.49. The maximum atomic E-state index is 9.19. The zero-order valence-electron chi connectivity index (χ0n) is 14.4. The normalized spacial score (nSPS) is 10.3. The first kappa shape index (κ1) is 17.5. The number of nitrogens with zero attached hydrogens (tertiary/aromatic N) is 2. The molecular weight excluding hydrogens is 330 g/mol. The Bertz CT molecular complexity index is 868. The lowest BCUT2D eigenvalue weighted by Gasteiger charge is -2.06. The third-order valence-corrected chi connectivity index (χ3v) is 3.67. The molecule has 0 amide bonds. The van der Waals surface area contributed by atoms with Crippen LogP contribution in [0.4, 0.5) is 5.88 Å². The molecule has 0 radical (unpaired) electrons. The number of hydrogen-bond donors (Lipinski definition) is 1. The highest BCUT2D eigenvalue weighted by atomic mass is 16.5. The molecule has 6 nitrogen and oxygen atoms in total. The summed E-state index contributed by atoms with van der Waals surface area (Å²) in [6.45, 7) is 1.55. The van der Waals surface area contributed by atoms with Crippen LogP contribution in [0.1, 0.15) is 11.3 Å². The molecule has 0 atom stereocenters. The Kier molecular flexibility index (Phi) is 5.86. The molecule has 3 rings (SSSR count). The molecule has 0 fully saturated rings. The standard InChI is InChI=1S/C20H19N3O3/c1-24-12-11-22-20-18(13-21)23-19(26-20)16-7-9-17(10-8-16)25-14-15-5-3-2-4-6-15/h2-10,22H,11-12,14H2,1H3. The van der Waals surface area contributed by atoms with E-state index in [9.17, 15) is 5.26 Å². The highest BCUT2D eigenvalue weighted by Crippen LogP contribution is 2.27. The number of anilines is 1. The molecule has 0 aliphatic heterocycles. The molecule has 0 unspecified atom stereocenters. The fraction of sp³-hybridized carbons (Fsp3) is 0.200. The first-order chi connectivity index (χ1) is 12.8. The molecule has 0 saturated heterocycles. The number of aromatic nitrogens is 1. The average Bonchev–Trinajstić information content (AvgIpc) is 3.11. The molecule has 1 aromatic heterocycles. The maximum Gasteiger partial charge on any atom is 0.232 e. The topological polar surface area (TPSA) is 80.3 Å². The molecular formula is C20H19N3O3. The highest BCUT2D eigenvalue weighted by Gasteiger charge is 2.14. The Balaban J connectivity index is 1.67. The predicted octanol–water partition coefficient (Wildman–Crippen LogP) is 3.85. The largest absolute Gasteiger partial charge is 0.489 e. The van der Waals surface area contributed by atoms with E-state index in [4.69, 9.17) is 13.9 Å². The van der Waals surface area contributed by atoms with E-state index >= 15 is 0 Å². The maximum absolute atomic E-state index is 9.19. The summed E-state index contributed by atoms with van der Waals surface area (Å²) < 4.78 is 16.4. The average molecular weight is 349 g/mol. The molecule has 0 spiro atoms. The number of oxazole rings is 1. The van der Waals surface area contributed by atoms with Crippen LogP contribution in [-0.2, 0) is 11.3 Å². The van der Waals surface area contributed by atoms with Gasteiger partial charge in [-0.3, -0.25) is 0 Å². The van der Waals surface area contributed by atoms with Gasteiger partial charge < -0.3 is 19.2 Å². The first-order valence-corrected chi connectivity index (χ1v) is 8.21. The van der Waals surface area contributed by atoms with Gasteiger partial charge in [0, 0.05) is 19.2 Å². The van der Waals surface area contributed by atoms with Gasteiger partial charge in [-0.1, -0.05) is 30.3 Å². The third kappa shape index (κ3) is 4.41. The smallest absolute Gasteiger partial charge is 0.232 e. The highest BCUT2D eigenvalue weighted by molar-refractivity contribution is 5.59. The van der Waals surface area contributed by atoms with Crippen LogP contribution < -0.4 is 10.1 Å². The zero-order valence-corrected chi connectivity index (χ0v) is 14.4. The summed E-state index contributed by atoms with van der Waals surface area (Å²) in [6.07, 6.45) is 0. The summed E-state index contributed by atoms with van der Waals surface area (Å²) in [4.78, 5) is 4.23. The second-order valence-corrected chi connectivity index (χ2v) is 5.53. The van der Waals surface area contributed by atoms with E-state index in [-0.39, 0.29) is 5.69 Å². The molecule has 0 aliphatic rings. The lowest BCUT2D eigenvalue weighted by Crippen LogP contribution is -2.07. The van der Waals surface area contributed by atoms with Crippen LogP contribution in [0, 0.1) is 11.3 Å². The minimum atomic E-state index is 0.223. The number of benzene rings is 2. The Morgan fingerprint density at radius 1 is 1.12 bits per heavy atom. The lowest BCUT2D eigenvalue weighted by molar-refractivity contribution is 0.210. The second kappa shape index (κ2) is 8.70. The molecule has 6 heteroatoms. The van der Waals surface area contributed by atoms with Crippen molar-refractivity contribution in [2.45, 2.75) is 6.61 Å². The van der Waals surface area contributed by atoms with E-state index in [0.29, 0.717) is 31.5 Å². The Hall–Kier alpha value is -3.30. The zero-order chi connectivity index (χ0) is 18.2. The lowest BCUT2D eigenvalue weighted by atomic mass is 10.2. The predicted molar refractivity (Wildman–Crippen MR) is 97.8 cm³/mol. The number of nitriles is 1. The van der Waals surface area contributed by atoms with Crippen LogP contribution in [0.25, 0.3) is 11.5 Å². The van der Waals surface area contributed by atoms with Crippen LogP contribution in [0.5, 0.6) is 5.75 Å². The van der Waals surface area contributed by atoms with Crippen molar-refractivity contribution in [2.24, 2.45) is 0 Å². The van der Waals surface area contributed by atoms with Gasteiger partial charge in [0.2, 0.25) is 17.5 Å². The minimum Gasteiger partial charge on any atom is -0.489 e. The summed E-state index contributed by atoms with van der Waals surface area (Å²) in [5.41, 5.74) is 2.10. The van der Waals surface area contributed by atoms with Gasteiger partial charge in [-0.2, -0.15) is 10.2 Å². The molecule has 1 N–H and O–H groups in total. The molecule has 1 heterocycles. The Morgan fingerprint density at radius 3 is 2.58 bits per heavy atom. The van der Waals surface area contributed by atoms with E-state index in [1.54, 1.807) is 7.11 Å². The van der Waals surface area contributed by atoms with Crippen LogP contribution >= 0.6 is 0 Å². The molecule has 2 aromatic carbocycles. The van der Waals surface area contributed by atoms with Crippen molar-refractivity contribution in [3.8, 4) is 23.3 Å². The van der Waals surface area contributed by atoms with Crippen molar-refractivity contribution in [1.82, 2.24) is 4.98 Å². The van der Waals surface area contributed by atoms with Gasteiger partial charge in [0.1, 0.15) is 18.4 Å². The van der Waals surface area contributed by atoms with E-state index in [1.807, 2.05) is 60.7 Å². The quantitative estimate of drug-likeness (QED) is 0.622. The number of ether oxygens (including phenoxy) is 2. The number of nitrogens with one attached hydrogen (secondary N) is 1. The van der Waals surface area contributed by atoms with Gasteiger partial charge in [-0.05, 0) is 29.8 Å². The van der Waals surface area contributed by atoms with Crippen molar-refractivity contribution in [3.05, 3.63) is 65.9 Å². The summed E-state index contributed by atoms with van der Waals surface area (Å²) in [5, 5.41) is 12.2. The van der Waals surface area contributed by atoms with Crippen molar-refractivity contribution >= 4 is 5.88 Å². The fourth-order valence-electron chi connectivity index (χ4n) is 2.34. The van der Waals surface area contributed by atoms with E-state index in [1.165, 1.54) is 0 Å². The molecule has 0 bridgehead atoms. The minimum absolute atomic E-state index is 0.223. The molecule has 0 saturated carbocycles. The van der Waals surface area contributed by atoms with Gasteiger partial charge in [-0.15, -0.1) is 0 Å². The van der Waals surface area contributed by atoms with Crippen molar-refractivity contribution < 1.29 is 13.9 Å². The van der Waals surface area contributed by atoms with Gasteiger partial charge in [0.05, 0.1) is 6.61 Å². The number of methoxy groups -OCH3 is 1.